The van der Waals surface area contributed by atoms with Crippen LogP contribution in [0.2, 0.25) is 0 Å². The summed E-state index contributed by atoms with van der Waals surface area (Å²) in [4.78, 5) is 11.8. The molecule has 100 valence electrons. The molecule has 2 N–H and O–H groups in total. The third-order valence-electron chi connectivity index (χ3n) is 2.99. The number of hydrogen-bond donors (Lipinski definition) is 2. The Hall–Kier alpha value is -1.81. The number of aryl methyl sites for hydroxylation is 1. The minimum atomic E-state index is -0.172. The summed E-state index contributed by atoms with van der Waals surface area (Å²) in [7, 11) is 0. The van der Waals surface area contributed by atoms with Crippen molar-refractivity contribution in [3.63, 3.8) is 0 Å². The van der Waals surface area contributed by atoms with Crippen molar-refractivity contribution in [3.05, 3.63) is 52.9 Å². The SMILES string of the molecule is CCc1ccc(C(C)NC(=O)Nc2cccs2)cc1. The minimum absolute atomic E-state index is 0.00846. The van der Waals surface area contributed by atoms with Crippen LogP contribution in [-0.4, -0.2) is 6.03 Å². The van der Waals surface area contributed by atoms with E-state index in [0.29, 0.717) is 0 Å². The van der Waals surface area contributed by atoms with Crippen LogP contribution in [0.25, 0.3) is 0 Å². The molecule has 1 aromatic carbocycles. The van der Waals surface area contributed by atoms with E-state index in [1.165, 1.54) is 16.9 Å². The summed E-state index contributed by atoms with van der Waals surface area (Å²) >= 11 is 1.51. The van der Waals surface area contributed by atoms with Gasteiger partial charge in [0.15, 0.2) is 0 Å². The van der Waals surface area contributed by atoms with E-state index >= 15 is 0 Å². The Bertz CT molecular complexity index is 520. The molecule has 1 aromatic heterocycles. The normalized spacial score (nSPS) is 11.9. The topological polar surface area (TPSA) is 41.1 Å². The Morgan fingerprint density at radius 3 is 2.58 bits per heavy atom. The molecule has 1 heterocycles. The molecule has 0 saturated heterocycles. The average molecular weight is 274 g/mol. The number of carbonyl (C=O) groups excluding carboxylic acids is 1. The Morgan fingerprint density at radius 2 is 2.00 bits per heavy atom. The standard InChI is InChI=1S/C15H18N2OS/c1-3-12-6-8-13(9-7-12)11(2)16-15(18)17-14-5-4-10-19-14/h4-11H,3H2,1-2H3,(H2,16,17,18). The lowest BCUT2D eigenvalue weighted by Crippen LogP contribution is -2.30. The first-order valence-electron chi connectivity index (χ1n) is 6.39. The Balaban J connectivity index is 1.92. The van der Waals surface area contributed by atoms with Gasteiger partial charge in [-0.15, -0.1) is 11.3 Å². The minimum Gasteiger partial charge on any atom is -0.331 e. The molecule has 0 spiro atoms. The van der Waals surface area contributed by atoms with Gasteiger partial charge in [0.05, 0.1) is 11.0 Å². The smallest absolute Gasteiger partial charge is 0.320 e. The fraction of sp³-hybridized carbons (Fsp3) is 0.267. The lowest BCUT2D eigenvalue weighted by molar-refractivity contribution is 0.249. The summed E-state index contributed by atoms with van der Waals surface area (Å²) in [5.74, 6) is 0. The van der Waals surface area contributed by atoms with Crippen molar-refractivity contribution < 1.29 is 4.79 Å². The summed E-state index contributed by atoms with van der Waals surface area (Å²) in [5, 5.41) is 8.53. The van der Waals surface area contributed by atoms with Crippen molar-refractivity contribution in [2.75, 3.05) is 5.32 Å². The van der Waals surface area contributed by atoms with Crippen LogP contribution in [-0.2, 0) is 6.42 Å². The van der Waals surface area contributed by atoms with E-state index in [1.807, 2.05) is 24.4 Å². The highest BCUT2D eigenvalue weighted by molar-refractivity contribution is 7.14. The molecule has 2 aromatic rings. The van der Waals surface area contributed by atoms with Gasteiger partial charge in [0.1, 0.15) is 0 Å². The molecule has 1 atom stereocenters. The number of thiophene rings is 1. The lowest BCUT2D eigenvalue weighted by atomic mass is 10.1. The van der Waals surface area contributed by atoms with Gasteiger partial charge in [0.25, 0.3) is 0 Å². The third-order valence-corrected chi connectivity index (χ3v) is 3.78. The van der Waals surface area contributed by atoms with Crippen LogP contribution < -0.4 is 10.6 Å². The number of amides is 2. The summed E-state index contributed by atoms with van der Waals surface area (Å²) < 4.78 is 0. The molecule has 4 heteroatoms. The van der Waals surface area contributed by atoms with Crippen LogP contribution in [0, 0.1) is 0 Å². The molecule has 0 fully saturated rings. The van der Waals surface area contributed by atoms with Crippen molar-refractivity contribution in [2.45, 2.75) is 26.3 Å². The molecular formula is C15H18N2OS. The maximum atomic E-state index is 11.8. The van der Waals surface area contributed by atoms with E-state index in [4.69, 9.17) is 0 Å². The first-order chi connectivity index (χ1) is 9.19. The Morgan fingerprint density at radius 1 is 1.26 bits per heavy atom. The number of anilines is 1. The van der Waals surface area contributed by atoms with E-state index in [1.54, 1.807) is 0 Å². The van der Waals surface area contributed by atoms with Crippen LogP contribution in [0.3, 0.4) is 0 Å². The zero-order valence-electron chi connectivity index (χ0n) is 11.1. The molecule has 0 saturated carbocycles. The van der Waals surface area contributed by atoms with Gasteiger partial charge < -0.3 is 5.32 Å². The van der Waals surface area contributed by atoms with Crippen LogP contribution in [0.4, 0.5) is 9.80 Å². The number of hydrogen-bond acceptors (Lipinski definition) is 2. The zero-order chi connectivity index (χ0) is 13.7. The van der Waals surface area contributed by atoms with E-state index in [9.17, 15) is 4.79 Å². The molecular weight excluding hydrogens is 256 g/mol. The monoisotopic (exact) mass is 274 g/mol. The highest BCUT2D eigenvalue weighted by atomic mass is 32.1. The van der Waals surface area contributed by atoms with Gasteiger partial charge in [-0.1, -0.05) is 31.2 Å². The molecule has 19 heavy (non-hydrogen) atoms. The molecule has 0 aliphatic rings. The van der Waals surface area contributed by atoms with E-state index in [-0.39, 0.29) is 12.1 Å². The summed E-state index contributed by atoms with van der Waals surface area (Å²) in [5.41, 5.74) is 2.41. The predicted molar refractivity (Wildman–Crippen MR) is 80.7 cm³/mol. The molecule has 0 bridgehead atoms. The summed E-state index contributed by atoms with van der Waals surface area (Å²) in [6.07, 6.45) is 1.03. The van der Waals surface area contributed by atoms with Crippen molar-refractivity contribution >= 4 is 22.4 Å². The van der Waals surface area contributed by atoms with Crippen LogP contribution >= 0.6 is 11.3 Å². The van der Waals surface area contributed by atoms with Gasteiger partial charge in [-0.05, 0) is 42.0 Å². The number of nitrogens with one attached hydrogen (secondary N) is 2. The molecule has 3 nitrogen and oxygen atoms in total. The molecule has 0 aliphatic carbocycles. The number of carbonyl (C=O) groups is 1. The second-order valence-electron chi connectivity index (χ2n) is 4.39. The molecule has 2 amide bonds. The number of urea groups is 1. The lowest BCUT2D eigenvalue weighted by Gasteiger charge is -2.15. The highest BCUT2D eigenvalue weighted by Gasteiger charge is 2.09. The Labute approximate surface area is 117 Å². The van der Waals surface area contributed by atoms with Crippen LogP contribution in [0.5, 0.6) is 0 Å². The fourth-order valence-electron chi connectivity index (χ4n) is 1.82. The largest absolute Gasteiger partial charge is 0.331 e. The second-order valence-corrected chi connectivity index (χ2v) is 5.34. The number of benzene rings is 1. The molecule has 0 radical (unpaired) electrons. The summed E-state index contributed by atoms with van der Waals surface area (Å²) in [6.45, 7) is 4.11. The quantitative estimate of drug-likeness (QED) is 0.862. The fourth-order valence-corrected chi connectivity index (χ4v) is 2.43. The van der Waals surface area contributed by atoms with Crippen molar-refractivity contribution in [3.8, 4) is 0 Å². The first kappa shape index (κ1) is 13.6. The predicted octanol–water partition coefficient (Wildman–Crippen LogP) is 4.19. The number of rotatable bonds is 4. The van der Waals surface area contributed by atoms with Crippen LogP contribution in [0.1, 0.15) is 31.0 Å². The van der Waals surface area contributed by atoms with Gasteiger partial charge >= 0.3 is 6.03 Å². The third kappa shape index (κ3) is 3.83. The van der Waals surface area contributed by atoms with Crippen LogP contribution in [0.15, 0.2) is 41.8 Å². The van der Waals surface area contributed by atoms with Crippen molar-refractivity contribution in [1.29, 1.82) is 0 Å². The van der Waals surface area contributed by atoms with Gasteiger partial charge in [0, 0.05) is 0 Å². The summed E-state index contributed by atoms with van der Waals surface area (Å²) in [6, 6.07) is 11.9. The van der Waals surface area contributed by atoms with E-state index < -0.39 is 0 Å². The van der Waals surface area contributed by atoms with Gasteiger partial charge in [-0.3, -0.25) is 5.32 Å². The van der Waals surface area contributed by atoms with Gasteiger partial charge in [-0.2, -0.15) is 0 Å². The molecule has 2 rings (SSSR count). The second kappa shape index (κ2) is 6.38. The van der Waals surface area contributed by atoms with E-state index in [2.05, 4.69) is 41.8 Å². The maximum absolute atomic E-state index is 11.8. The maximum Gasteiger partial charge on any atom is 0.320 e. The van der Waals surface area contributed by atoms with E-state index in [0.717, 1.165) is 17.0 Å². The molecule has 1 unspecified atom stereocenters. The first-order valence-corrected chi connectivity index (χ1v) is 7.27. The van der Waals surface area contributed by atoms with Crippen molar-refractivity contribution in [1.82, 2.24) is 5.32 Å². The van der Waals surface area contributed by atoms with Crippen molar-refractivity contribution in [2.24, 2.45) is 0 Å². The Kier molecular flexibility index (Phi) is 4.58. The molecule has 0 aliphatic heterocycles. The van der Waals surface area contributed by atoms with Gasteiger partial charge in [0.2, 0.25) is 0 Å². The zero-order valence-corrected chi connectivity index (χ0v) is 12.0. The highest BCUT2D eigenvalue weighted by Crippen LogP contribution is 2.16. The van der Waals surface area contributed by atoms with Gasteiger partial charge in [-0.25, -0.2) is 4.79 Å². The average Bonchev–Trinajstić information content (AvgIpc) is 2.91.